The Labute approximate surface area is 161 Å². The lowest BCUT2D eigenvalue weighted by Crippen LogP contribution is -2.45. The van der Waals surface area contributed by atoms with Crippen molar-refractivity contribution in [2.45, 2.75) is 26.3 Å². The molecule has 9 heteroatoms. The smallest absolute Gasteiger partial charge is 0.191 e. The molecule has 9 nitrogen and oxygen atoms in total. The van der Waals surface area contributed by atoms with Gasteiger partial charge in [0, 0.05) is 64.8 Å². The molecule has 0 radical (unpaired) electrons. The Hall–Kier alpha value is -1.71. The summed E-state index contributed by atoms with van der Waals surface area (Å²) in [5, 5.41) is 15.0. The Morgan fingerprint density at radius 3 is 2.74 bits per heavy atom. The quantitative estimate of drug-likeness (QED) is 0.452. The number of aliphatic imine (C=N–C) groups is 1. The van der Waals surface area contributed by atoms with Crippen molar-refractivity contribution in [2.75, 3.05) is 65.7 Å². The van der Waals surface area contributed by atoms with E-state index in [1.165, 1.54) is 0 Å². The number of nitrogens with one attached hydrogen (secondary N) is 2. The van der Waals surface area contributed by atoms with Crippen molar-refractivity contribution in [1.29, 1.82) is 0 Å². The number of aryl methyl sites for hydroxylation is 1. The van der Waals surface area contributed by atoms with Gasteiger partial charge in [0.25, 0.3) is 0 Å². The maximum atomic E-state index is 5.46. The molecule has 152 valence electrons. The molecule has 27 heavy (non-hydrogen) atoms. The van der Waals surface area contributed by atoms with Crippen molar-refractivity contribution in [3.8, 4) is 0 Å². The summed E-state index contributed by atoms with van der Waals surface area (Å²) < 4.78 is 13.0. The number of guanidine groups is 1. The number of nitrogens with zero attached hydrogens (tertiary/aromatic N) is 5. The van der Waals surface area contributed by atoms with E-state index in [1.807, 2.05) is 0 Å². The van der Waals surface area contributed by atoms with Gasteiger partial charge in [-0.05, 0) is 6.42 Å². The molecule has 0 spiro atoms. The number of rotatable bonds is 9. The van der Waals surface area contributed by atoms with Crippen LogP contribution in [0.1, 0.15) is 19.2 Å². The van der Waals surface area contributed by atoms with Crippen LogP contribution in [0, 0.1) is 5.92 Å². The van der Waals surface area contributed by atoms with E-state index >= 15 is 0 Å². The van der Waals surface area contributed by atoms with Gasteiger partial charge in [-0.15, -0.1) is 10.2 Å². The summed E-state index contributed by atoms with van der Waals surface area (Å²) in [6.07, 6.45) is 3.78. The van der Waals surface area contributed by atoms with Crippen molar-refractivity contribution in [3.05, 3.63) is 12.2 Å². The highest BCUT2D eigenvalue weighted by Gasteiger charge is 2.15. The fraction of sp³-hybridized carbons (Fsp3) is 0.833. The fourth-order valence-corrected chi connectivity index (χ4v) is 3.31. The van der Waals surface area contributed by atoms with E-state index < -0.39 is 0 Å². The van der Waals surface area contributed by atoms with Gasteiger partial charge in [0.1, 0.15) is 12.2 Å². The maximum Gasteiger partial charge on any atom is 0.191 e. The second kappa shape index (κ2) is 11.2. The summed E-state index contributed by atoms with van der Waals surface area (Å²) >= 11 is 0. The fourth-order valence-electron chi connectivity index (χ4n) is 3.31. The zero-order chi connectivity index (χ0) is 18.7. The first-order valence-corrected chi connectivity index (χ1v) is 10.1. The van der Waals surface area contributed by atoms with Gasteiger partial charge in [0.2, 0.25) is 0 Å². The summed E-state index contributed by atoms with van der Waals surface area (Å²) in [5.41, 5.74) is 0. The molecule has 0 aromatic carbocycles. The molecule has 2 N–H and O–H groups in total. The minimum Gasteiger partial charge on any atom is -0.381 e. The topological polar surface area (TPSA) is 88.8 Å². The summed E-state index contributed by atoms with van der Waals surface area (Å²) in [5.74, 6) is 2.42. The molecular formula is C18H33N7O2. The molecule has 0 aliphatic carbocycles. The van der Waals surface area contributed by atoms with Crippen molar-refractivity contribution in [2.24, 2.45) is 10.9 Å². The Balaban J connectivity index is 1.44. The van der Waals surface area contributed by atoms with Gasteiger partial charge in [-0.2, -0.15) is 0 Å². The van der Waals surface area contributed by atoms with Crippen LogP contribution in [0.25, 0.3) is 0 Å². The first-order chi connectivity index (χ1) is 13.3. The summed E-state index contributed by atoms with van der Waals surface area (Å²) in [6, 6.07) is 0. The van der Waals surface area contributed by atoms with E-state index in [1.54, 1.807) is 6.33 Å². The van der Waals surface area contributed by atoms with E-state index in [0.29, 0.717) is 5.92 Å². The van der Waals surface area contributed by atoms with Crippen LogP contribution in [-0.4, -0.2) is 91.3 Å². The Morgan fingerprint density at radius 1 is 1.19 bits per heavy atom. The van der Waals surface area contributed by atoms with E-state index in [9.17, 15) is 0 Å². The third kappa shape index (κ3) is 6.75. The summed E-state index contributed by atoms with van der Waals surface area (Å²) in [4.78, 5) is 7.20. The highest BCUT2D eigenvalue weighted by Crippen LogP contribution is 2.12. The van der Waals surface area contributed by atoms with Crippen molar-refractivity contribution in [3.63, 3.8) is 0 Å². The first kappa shape index (κ1) is 20.0. The van der Waals surface area contributed by atoms with E-state index in [0.717, 1.165) is 96.9 Å². The number of morpholine rings is 1. The summed E-state index contributed by atoms with van der Waals surface area (Å²) in [6.45, 7) is 11.8. The molecule has 1 atom stereocenters. The molecule has 0 saturated carbocycles. The lowest BCUT2D eigenvalue weighted by molar-refractivity contribution is 0.0389. The van der Waals surface area contributed by atoms with Crippen LogP contribution in [0.5, 0.6) is 0 Å². The molecule has 1 aromatic rings. The largest absolute Gasteiger partial charge is 0.381 e. The van der Waals surface area contributed by atoms with Gasteiger partial charge >= 0.3 is 0 Å². The average Bonchev–Trinajstić information content (AvgIpc) is 3.38. The van der Waals surface area contributed by atoms with E-state index in [4.69, 9.17) is 14.5 Å². The van der Waals surface area contributed by atoms with Crippen LogP contribution in [0.2, 0.25) is 0 Å². The Bertz CT molecular complexity index is 566. The molecule has 0 bridgehead atoms. The lowest BCUT2D eigenvalue weighted by atomic mass is 10.1. The molecule has 1 unspecified atom stereocenters. The second-order valence-electron chi connectivity index (χ2n) is 7.02. The highest BCUT2D eigenvalue weighted by atomic mass is 16.5. The van der Waals surface area contributed by atoms with Crippen molar-refractivity contribution in [1.82, 2.24) is 30.3 Å². The Kier molecular flexibility index (Phi) is 8.32. The van der Waals surface area contributed by atoms with Crippen LogP contribution in [-0.2, 0) is 22.4 Å². The zero-order valence-corrected chi connectivity index (χ0v) is 16.4. The van der Waals surface area contributed by atoms with Gasteiger partial charge in [-0.1, -0.05) is 6.92 Å². The highest BCUT2D eigenvalue weighted by molar-refractivity contribution is 5.79. The van der Waals surface area contributed by atoms with Gasteiger partial charge in [0.15, 0.2) is 5.96 Å². The molecule has 1 aromatic heterocycles. The van der Waals surface area contributed by atoms with E-state index in [2.05, 4.69) is 37.2 Å². The summed E-state index contributed by atoms with van der Waals surface area (Å²) in [7, 11) is 0. The van der Waals surface area contributed by atoms with Crippen molar-refractivity contribution < 1.29 is 9.47 Å². The third-order valence-corrected chi connectivity index (χ3v) is 5.01. The SMILES string of the molecule is CCc1nncn1CCNC(=NCC1CCOC1)NCCN1CCOCC1. The number of hydrogen-bond acceptors (Lipinski definition) is 6. The average molecular weight is 380 g/mol. The molecular weight excluding hydrogens is 346 g/mol. The zero-order valence-electron chi connectivity index (χ0n) is 16.4. The number of ether oxygens (including phenoxy) is 2. The van der Waals surface area contributed by atoms with Crippen LogP contribution < -0.4 is 10.6 Å². The van der Waals surface area contributed by atoms with Crippen molar-refractivity contribution >= 4 is 5.96 Å². The second-order valence-corrected chi connectivity index (χ2v) is 7.02. The molecule has 0 amide bonds. The molecule has 2 aliphatic heterocycles. The Morgan fingerprint density at radius 2 is 2.00 bits per heavy atom. The molecule has 2 aliphatic rings. The van der Waals surface area contributed by atoms with Gasteiger partial charge in [0.05, 0.1) is 19.8 Å². The maximum absolute atomic E-state index is 5.46. The van der Waals surface area contributed by atoms with Gasteiger partial charge < -0.3 is 24.7 Å². The van der Waals surface area contributed by atoms with Gasteiger partial charge in [-0.3, -0.25) is 9.89 Å². The molecule has 3 rings (SSSR count). The standard InChI is InChI=1S/C18H33N7O2/c1-2-17-23-22-15-25(17)7-5-20-18(21-13-16-3-10-27-14-16)19-4-6-24-8-11-26-12-9-24/h15-16H,2-14H2,1H3,(H2,19,20,21). The predicted molar refractivity (Wildman–Crippen MR) is 104 cm³/mol. The molecule has 3 heterocycles. The number of aromatic nitrogens is 3. The third-order valence-electron chi connectivity index (χ3n) is 5.01. The van der Waals surface area contributed by atoms with Crippen LogP contribution >= 0.6 is 0 Å². The van der Waals surface area contributed by atoms with Crippen LogP contribution in [0.4, 0.5) is 0 Å². The van der Waals surface area contributed by atoms with Crippen LogP contribution in [0.3, 0.4) is 0 Å². The molecule has 2 fully saturated rings. The first-order valence-electron chi connectivity index (χ1n) is 10.1. The predicted octanol–water partition coefficient (Wildman–Crippen LogP) is -0.256. The minimum atomic E-state index is 0.535. The van der Waals surface area contributed by atoms with Crippen LogP contribution in [0.15, 0.2) is 11.3 Å². The normalized spacial score (nSPS) is 21.5. The van der Waals surface area contributed by atoms with Gasteiger partial charge in [-0.25, -0.2) is 0 Å². The monoisotopic (exact) mass is 379 g/mol. The molecule has 2 saturated heterocycles. The lowest BCUT2D eigenvalue weighted by Gasteiger charge is -2.26. The number of hydrogen-bond donors (Lipinski definition) is 2. The minimum absolute atomic E-state index is 0.535. The van der Waals surface area contributed by atoms with E-state index in [-0.39, 0.29) is 0 Å².